The second-order valence-electron chi connectivity index (χ2n) is 3.90. The van der Waals surface area contributed by atoms with Crippen LogP contribution >= 0.6 is 11.3 Å². The zero-order valence-corrected chi connectivity index (χ0v) is 10.9. The first-order valence-electron chi connectivity index (χ1n) is 5.30. The zero-order chi connectivity index (χ0) is 13.3. The van der Waals surface area contributed by atoms with Crippen LogP contribution < -0.4 is 10.5 Å². The van der Waals surface area contributed by atoms with Crippen molar-refractivity contribution in [2.75, 3.05) is 12.8 Å². The van der Waals surface area contributed by atoms with Gasteiger partial charge in [0.05, 0.1) is 7.11 Å². The number of methoxy groups -OCH3 is 1. The molecule has 94 valence electrons. The highest BCUT2D eigenvalue weighted by atomic mass is 32.1. The van der Waals surface area contributed by atoms with Gasteiger partial charge in [-0.05, 0) is 19.1 Å². The number of carbonyl (C=O) groups is 1. The average Bonchev–Trinajstić information content (AvgIpc) is 2.71. The molecule has 1 aromatic heterocycles. The number of ether oxygens (including phenoxy) is 1. The second-order valence-corrected chi connectivity index (χ2v) is 4.81. The van der Waals surface area contributed by atoms with Gasteiger partial charge in [-0.1, -0.05) is 11.6 Å². The quantitative estimate of drug-likeness (QED) is 0.892. The summed E-state index contributed by atoms with van der Waals surface area (Å²) in [6.45, 7) is 1.94. The number of aromatic carboxylic acids is 1. The van der Waals surface area contributed by atoms with E-state index in [9.17, 15) is 9.90 Å². The molecule has 0 unspecified atom stereocenters. The smallest absolute Gasteiger partial charge is 0.339 e. The maximum Gasteiger partial charge on any atom is 0.339 e. The summed E-state index contributed by atoms with van der Waals surface area (Å²) in [5.74, 6) is -0.381. The number of hydrogen-bond acceptors (Lipinski definition) is 4. The lowest BCUT2D eigenvalue weighted by molar-refractivity contribution is 0.0699. The summed E-state index contributed by atoms with van der Waals surface area (Å²) in [6, 6.07) is 5.63. The Balaban J connectivity index is 2.69. The van der Waals surface area contributed by atoms with E-state index in [0.717, 1.165) is 11.1 Å². The van der Waals surface area contributed by atoms with E-state index in [1.165, 1.54) is 11.3 Å². The Bertz CT molecular complexity index is 604. The number of hydrogen-bond donors (Lipinski definition) is 2. The molecule has 3 N–H and O–H groups in total. The van der Waals surface area contributed by atoms with E-state index < -0.39 is 5.97 Å². The number of benzene rings is 1. The van der Waals surface area contributed by atoms with Gasteiger partial charge in [0.1, 0.15) is 16.3 Å². The van der Waals surface area contributed by atoms with Crippen molar-refractivity contribution in [1.29, 1.82) is 0 Å². The number of carboxylic acids is 1. The van der Waals surface area contributed by atoms with Crippen LogP contribution in [0.4, 0.5) is 5.00 Å². The standard InChI is InChI=1S/C13H13NO3S/c1-7-3-4-10(17-2)8(5-7)9-6-18-12(14)11(9)13(15)16/h3-6H,14H2,1-2H3,(H,15,16). The van der Waals surface area contributed by atoms with Gasteiger partial charge in [-0.15, -0.1) is 11.3 Å². The fraction of sp³-hybridized carbons (Fsp3) is 0.154. The summed E-state index contributed by atoms with van der Waals surface area (Å²) < 4.78 is 5.27. The molecular weight excluding hydrogens is 250 g/mol. The maximum atomic E-state index is 11.2. The van der Waals surface area contributed by atoms with E-state index in [2.05, 4.69) is 0 Å². The number of anilines is 1. The number of nitrogen functional groups attached to an aromatic ring is 1. The van der Waals surface area contributed by atoms with Crippen molar-refractivity contribution >= 4 is 22.3 Å². The molecule has 0 aliphatic carbocycles. The summed E-state index contributed by atoms with van der Waals surface area (Å²) in [5, 5.41) is 11.3. The lowest BCUT2D eigenvalue weighted by atomic mass is 10.0. The third kappa shape index (κ3) is 2.04. The Labute approximate surface area is 109 Å². The van der Waals surface area contributed by atoms with Gasteiger partial charge >= 0.3 is 5.97 Å². The SMILES string of the molecule is COc1ccc(C)cc1-c1csc(N)c1C(=O)O. The molecule has 0 spiro atoms. The van der Waals surface area contributed by atoms with Gasteiger partial charge in [0, 0.05) is 16.5 Å². The fourth-order valence-electron chi connectivity index (χ4n) is 1.82. The van der Waals surface area contributed by atoms with Crippen LogP contribution in [0.5, 0.6) is 5.75 Å². The number of carboxylic acid groups (broad SMARTS) is 1. The predicted octanol–water partition coefficient (Wildman–Crippen LogP) is 3.01. The van der Waals surface area contributed by atoms with Crippen LogP contribution in [0.3, 0.4) is 0 Å². The van der Waals surface area contributed by atoms with Crippen molar-refractivity contribution < 1.29 is 14.6 Å². The minimum atomic E-state index is -1.02. The van der Waals surface area contributed by atoms with Crippen molar-refractivity contribution in [2.24, 2.45) is 0 Å². The lowest BCUT2D eigenvalue weighted by Gasteiger charge is -2.09. The van der Waals surface area contributed by atoms with Crippen molar-refractivity contribution in [1.82, 2.24) is 0 Å². The van der Waals surface area contributed by atoms with Crippen LogP contribution in [-0.2, 0) is 0 Å². The normalized spacial score (nSPS) is 10.3. The molecule has 5 heteroatoms. The molecular formula is C13H13NO3S. The molecule has 1 heterocycles. The molecule has 0 saturated heterocycles. The Morgan fingerprint density at radius 1 is 1.39 bits per heavy atom. The molecule has 0 aliphatic heterocycles. The molecule has 0 amide bonds. The van der Waals surface area contributed by atoms with Crippen molar-refractivity contribution in [3.63, 3.8) is 0 Å². The van der Waals surface area contributed by atoms with Crippen molar-refractivity contribution in [2.45, 2.75) is 6.92 Å². The summed E-state index contributed by atoms with van der Waals surface area (Å²) >= 11 is 1.22. The molecule has 0 radical (unpaired) electrons. The lowest BCUT2D eigenvalue weighted by Crippen LogP contribution is -2.01. The van der Waals surface area contributed by atoms with Gasteiger partial charge in [0.25, 0.3) is 0 Å². The fourth-order valence-corrected chi connectivity index (χ4v) is 2.63. The second kappa shape index (κ2) is 4.70. The van der Waals surface area contributed by atoms with Crippen LogP contribution in [0.15, 0.2) is 23.6 Å². The van der Waals surface area contributed by atoms with Gasteiger partial charge in [-0.25, -0.2) is 4.79 Å². The van der Waals surface area contributed by atoms with Gasteiger partial charge in [0.15, 0.2) is 0 Å². The third-order valence-corrected chi connectivity index (χ3v) is 3.49. The number of nitrogens with two attached hydrogens (primary N) is 1. The highest BCUT2D eigenvalue weighted by molar-refractivity contribution is 7.14. The monoisotopic (exact) mass is 263 g/mol. The minimum absolute atomic E-state index is 0.143. The van der Waals surface area contributed by atoms with Crippen molar-refractivity contribution in [3.05, 3.63) is 34.7 Å². The molecule has 0 aliphatic rings. The Morgan fingerprint density at radius 2 is 2.11 bits per heavy atom. The Kier molecular flexibility index (Phi) is 3.25. The number of thiophene rings is 1. The maximum absolute atomic E-state index is 11.2. The molecule has 2 aromatic rings. The number of aryl methyl sites for hydroxylation is 1. The van der Waals surface area contributed by atoms with Crippen LogP contribution in [0.1, 0.15) is 15.9 Å². The topological polar surface area (TPSA) is 72.5 Å². The highest BCUT2D eigenvalue weighted by Gasteiger charge is 2.20. The predicted molar refractivity (Wildman–Crippen MR) is 72.4 cm³/mol. The van der Waals surface area contributed by atoms with E-state index in [1.54, 1.807) is 12.5 Å². The molecule has 0 atom stereocenters. The molecule has 0 bridgehead atoms. The van der Waals surface area contributed by atoms with E-state index in [-0.39, 0.29) is 5.56 Å². The largest absolute Gasteiger partial charge is 0.496 e. The van der Waals surface area contributed by atoms with Gasteiger partial charge in [0.2, 0.25) is 0 Å². The summed E-state index contributed by atoms with van der Waals surface area (Å²) in [7, 11) is 1.56. The first kappa shape index (κ1) is 12.4. The first-order chi connectivity index (χ1) is 8.54. The summed E-state index contributed by atoms with van der Waals surface area (Å²) in [4.78, 5) is 11.2. The highest BCUT2D eigenvalue weighted by Crippen LogP contribution is 2.38. The van der Waals surface area contributed by atoms with Crippen LogP contribution in [-0.4, -0.2) is 18.2 Å². The molecule has 2 rings (SSSR count). The van der Waals surface area contributed by atoms with Crippen LogP contribution in [0.25, 0.3) is 11.1 Å². The first-order valence-corrected chi connectivity index (χ1v) is 6.17. The van der Waals surface area contributed by atoms with E-state index in [1.807, 2.05) is 25.1 Å². The molecule has 4 nitrogen and oxygen atoms in total. The summed E-state index contributed by atoms with van der Waals surface area (Å²) in [6.07, 6.45) is 0. The molecule has 0 fully saturated rings. The molecule has 0 saturated carbocycles. The third-order valence-electron chi connectivity index (χ3n) is 2.68. The number of rotatable bonds is 3. The molecule has 18 heavy (non-hydrogen) atoms. The zero-order valence-electron chi connectivity index (χ0n) is 10.1. The molecule has 1 aromatic carbocycles. The van der Waals surface area contributed by atoms with Gasteiger partial charge in [-0.3, -0.25) is 0 Å². The Hall–Kier alpha value is -2.01. The van der Waals surface area contributed by atoms with Crippen LogP contribution in [0, 0.1) is 6.92 Å². The van der Waals surface area contributed by atoms with E-state index >= 15 is 0 Å². The summed E-state index contributed by atoms with van der Waals surface area (Å²) in [5.41, 5.74) is 8.24. The van der Waals surface area contributed by atoms with E-state index in [4.69, 9.17) is 10.5 Å². The average molecular weight is 263 g/mol. The minimum Gasteiger partial charge on any atom is -0.496 e. The van der Waals surface area contributed by atoms with Gasteiger partial charge < -0.3 is 15.6 Å². The Morgan fingerprint density at radius 3 is 2.72 bits per heavy atom. The van der Waals surface area contributed by atoms with Crippen molar-refractivity contribution in [3.8, 4) is 16.9 Å². The van der Waals surface area contributed by atoms with Crippen LogP contribution in [0.2, 0.25) is 0 Å². The van der Waals surface area contributed by atoms with Gasteiger partial charge in [-0.2, -0.15) is 0 Å². The van der Waals surface area contributed by atoms with E-state index in [0.29, 0.717) is 16.3 Å².